The molecule has 0 aliphatic heterocycles. The molecule has 0 radical (unpaired) electrons. The molecule has 0 aliphatic carbocycles. The summed E-state index contributed by atoms with van der Waals surface area (Å²) in [7, 11) is 0. The predicted molar refractivity (Wildman–Crippen MR) is 117 cm³/mol. The van der Waals surface area contributed by atoms with Crippen molar-refractivity contribution in [3.05, 3.63) is 69.0 Å². The van der Waals surface area contributed by atoms with Crippen LogP contribution in [0.1, 0.15) is 26.8 Å². The summed E-state index contributed by atoms with van der Waals surface area (Å²) in [4.78, 5) is 18.0. The van der Waals surface area contributed by atoms with E-state index in [4.69, 9.17) is 12.2 Å². The van der Waals surface area contributed by atoms with Crippen LogP contribution in [0.4, 0.5) is 5.13 Å². The summed E-state index contributed by atoms with van der Waals surface area (Å²) in [5, 5.41) is 13.6. The molecule has 0 saturated heterocycles. The normalized spacial score (nSPS) is 11.0. The van der Waals surface area contributed by atoms with Crippen LogP contribution in [-0.4, -0.2) is 25.7 Å². The van der Waals surface area contributed by atoms with Gasteiger partial charge in [0.2, 0.25) is 0 Å². The van der Waals surface area contributed by atoms with Crippen molar-refractivity contribution in [2.24, 2.45) is 0 Å². The molecule has 0 bridgehead atoms. The van der Waals surface area contributed by atoms with Gasteiger partial charge in [-0.25, -0.2) is 4.98 Å². The van der Waals surface area contributed by atoms with Gasteiger partial charge in [-0.3, -0.25) is 19.8 Å². The number of hydrogen-bond donors (Lipinski definition) is 2. The van der Waals surface area contributed by atoms with Crippen LogP contribution in [0.3, 0.4) is 0 Å². The number of rotatable bonds is 6. The van der Waals surface area contributed by atoms with E-state index < -0.39 is 0 Å². The van der Waals surface area contributed by atoms with Crippen LogP contribution in [-0.2, 0) is 13.0 Å². The van der Waals surface area contributed by atoms with E-state index >= 15 is 0 Å². The summed E-state index contributed by atoms with van der Waals surface area (Å²) in [5.41, 5.74) is 1.82. The zero-order chi connectivity index (χ0) is 19.7. The van der Waals surface area contributed by atoms with E-state index in [1.54, 1.807) is 6.08 Å². The molecule has 4 aromatic rings. The Hall–Kier alpha value is -2.62. The number of anilines is 1. The molecular formula is C19H17N5OS3. The van der Waals surface area contributed by atoms with Crippen molar-refractivity contribution >= 4 is 56.0 Å². The highest BCUT2D eigenvalue weighted by Crippen LogP contribution is 2.31. The van der Waals surface area contributed by atoms with E-state index in [1.165, 1.54) is 22.7 Å². The lowest BCUT2D eigenvalue weighted by Crippen LogP contribution is -2.11. The first-order valence-electron chi connectivity index (χ1n) is 8.55. The summed E-state index contributed by atoms with van der Waals surface area (Å²) in [6.07, 6.45) is 2.30. The predicted octanol–water partition coefficient (Wildman–Crippen LogP) is 4.95. The van der Waals surface area contributed by atoms with Gasteiger partial charge in [0, 0.05) is 16.6 Å². The lowest BCUT2D eigenvalue weighted by Gasteiger charge is -2.02. The van der Waals surface area contributed by atoms with Crippen LogP contribution in [0.15, 0.2) is 42.3 Å². The number of nitrogens with one attached hydrogen (secondary N) is 2. The minimum absolute atomic E-state index is 0.131. The van der Waals surface area contributed by atoms with Gasteiger partial charge < -0.3 is 0 Å². The Labute approximate surface area is 174 Å². The number of nitrogens with zero attached hydrogens (tertiary/aromatic N) is 3. The molecule has 0 spiro atoms. The highest BCUT2D eigenvalue weighted by Gasteiger charge is 2.17. The van der Waals surface area contributed by atoms with Gasteiger partial charge in [-0.15, -0.1) is 29.3 Å². The van der Waals surface area contributed by atoms with Crippen molar-refractivity contribution < 1.29 is 4.79 Å². The summed E-state index contributed by atoms with van der Waals surface area (Å²) < 4.78 is 3.54. The lowest BCUT2D eigenvalue weighted by molar-refractivity contribution is 0.103. The van der Waals surface area contributed by atoms with E-state index in [0.29, 0.717) is 27.7 Å². The van der Waals surface area contributed by atoms with Gasteiger partial charge in [0.15, 0.2) is 9.90 Å². The van der Waals surface area contributed by atoms with Crippen LogP contribution >= 0.6 is 34.9 Å². The molecular weight excluding hydrogens is 410 g/mol. The maximum Gasteiger partial charge on any atom is 0.267 e. The molecule has 3 aromatic heterocycles. The number of aromatic amines is 1. The molecule has 3 heterocycles. The number of carbonyl (C=O) groups is 1. The molecule has 0 saturated carbocycles. The third-order valence-electron chi connectivity index (χ3n) is 4.31. The second-order valence-corrected chi connectivity index (χ2v) is 8.47. The molecule has 1 amide bonds. The fourth-order valence-corrected chi connectivity index (χ4v) is 4.99. The SMILES string of the molecule is C=CCn1c(Cc2csc(NC(=O)c3sc4ccccc4c3C)n2)n[nH]c1=S. The Balaban J connectivity index is 1.52. The number of thiophene rings is 1. The monoisotopic (exact) mass is 427 g/mol. The number of H-pyrrole nitrogens is 1. The zero-order valence-corrected chi connectivity index (χ0v) is 17.5. The first-order valence-corrected chi connectivity index (χ1v) is 10.7. The molecule has 142 valence electrons. The van der Waals surface area contributed by atoms with Crippen molar-refractivity contribution in [1.82, 2.24) is 19.7 Å². The van der Waals surface area contributed by atoms with E-state index in [1.807, 2.05) is 41.1 Å². The van der Waals surface area contributed by atoms with Crippen LogP contribution < -0.4 is 5.32 Å². The number of aryl methyl sites for hydroxylation is 1. The topological polar surface area (TPSA) is 75.6 Å². The van der Waals surface area contributed by atoms with Gasteiger partial charge in [0.1, 0.15) is 5.82 Å². The number of aromatic nitrogens is 4. The number of hydrogen-bond acceptors (Lipinski definition) is 6. The summed E-state index contributed by atoms with van der Waals surface area (Å²) >= 11 is 8.13. The molecule has 9 heteroatoms. The van der Waals surface area contributed by atoms with E-state index in [2.05, 4.69) is 27.1 Å². The Kier molecular flexibility index (Phi) is 5.21. The fourth-order valence-electron chi connectivity index (χ4n) is 2.95. The Morgan fingerprint density at radius 3 is 3.04 bits per heavy atom. The lowest BCUT2D eigenvalue weighted by atomic mass is 10.1. The number of fused-ring (bicyclic) bond motifs is 1. The maximum atomic E-state index is 12.7. The molecule has 1 aromatic carbocycles. The largest absolute Gasteiger partial charge is 0.300 e. The second-order valence-electron chi connectivity index (χ2n) is 6.17. The molecule has 6 nitrogen and oxygen atoms in total. The smallest absolute Gasteiger partial charge is 0.267 e. The summed E-state index contributed by atoms with van der Waals surface area (Å²) in [5.74, 6) is 0.655. The molecule has 0 atom stereocenters. The van der Waals surface area contributed by atoms with E-state index in [9.17, 15) is 4.79 Å². The van der Waals surface area contributed by atoms with Crippen molar-refractivity contribution in [1.29, 1.82) is 0 Å². The van der Waals surface area contributed by atoms with E-state index in [0.717, 1.165) is 27.2 Å². The van der Waals surface area contributed by atoms with E-state index in [-0.39, 0.29) is 5.91 Å². The zero-order valence-electron chi connectivity index (χ0n) is 15.1. The molecule has 28 heavy (non-hydrogen) atoms. The number of carbonyl (C=O) groups excluding carboxylic acids is 1. The third kappa shape index (κ3) is 3.56. The van der Waals surface area contributed by atoms with Gasteiger partial charge in [0.25, 0.3) is 5.91 Å². The minimum Gasteiger partial charge on any atom is -0.300 e. The Morgan fingerprint density at radius 1 is 1.43 bits per heavy atom. The highest BCUT2D eigenvalue weighted by atomic mass is 32.1. The summed E-state index contributed by atoms with van der Waals surface area (Å²) in [6.45, 7) is 6.31. The first kappa shape index (κ1) is 18.7. The molecule has 0 aliphatic rings. The number of thiazole rings is 1. The maximum absolute atomic E-state index is 12.7. The molecule has 0 fully saturated rings. The number of benzene rings is 1. The van der Waals surface area contributed by atoms with Gasteiger partial charge in [-0.1, -0.05) is 24.3 Å². The highest BCUT2D eigenvalue weighted by molar-refractivity contribution is 7.71. The van der Waals surface area contributed by atoms with Crippen LogP contribution in [0.2, 0.25) is 0 Å². The van der Waals surface area contributed by atoms with Crippen LogP contribution in [0.5, 0.6) is 0 Å². The summed E-state index contributed by atoms with van der Waals surface area (Å²) in [6, 6.07) is 8.03. The second kappa shape index (κ2) is 7.78. The average molecular weight is 428 g/mol. The van der Waals surface area contributed by atoms with Crippen molar-refractivity contribution in [2.75, 3.05) is 5.32 Å². The quantitative estimate of drug-likeness (QED) is 0.337. The van der Waals surface area contributed by atoms with Crippen LogP contribution in [0, 0.1) is 11.7 Å². The van der Waals surface area contributed by atoms with Crippen molar-refractivity contribution in [3.63, 3.8) is 0 Å². The van der Waals surface area contributed by atoms with Crippen LogP contribution in [0.25, 0.3) is 10.1 Å². The van der Waals surface area contributed by atoms with Gasteiger partial charge in [0.05, 0.1) is 17.0 Å². The standard InChI is InChI=1S/C19H17N5OS3/c1-3-8-24-15(22-23-19(24)26)9-12-10-27-18(20-12)21-17(25)16-11(2)13-6-4-5-7-14(13)28-16/h3-7,10H,1,8-9H2,2H3,(H,23,26)(H,20,21,25). The van der Waals surface area contributed by atoms with Gasteiger partial charge >= 0.3 is 0 Å². The molecule has 4 rings (SSSR count). The van der Waals surface area contributed by atoms with Crippen molar-refractivity contribution in [3.8, 4) is 0 Å². The van der Waals surface area contributed by atoms with Gasteiger partial charge in [-0.2, -0.15) is 5.10 Å². The fraction of sp³-hybridized carbons (Fsp3) is 0.158. The molecule has 0 unspecified atom stereocenters. The van der Waals surface area contributed by atoms with Crippen molar-refractivity contribution in [2.45, 2.75) is 19.9 Å². The Bertz CT molecular complexity index is 1230. The van der Waals surface area contributed by atoms with Gasteiger partial charge in [-0.05, 0) is 36.2 Å². The molecule has 2 N–H and O–H groups in total. The Morgan fingerprint density at radius 2 is 2.25 bits per heavy atom. The minimum atomic E-state index is -0.131. The number of amides is 1. The third-order valence-corrected chi connectivity index (χ3v) is 6.70. The average Bonchev–Trinajstić information content (AvgIpc) is 3.36. The first-order chi connectivity index (χ1) is 13.6. The number of allylic oxidation sites excluding steroid dienone is 1.